The third kappa shape index (κ3) is 6.68. The Hall–Kier alpha value is -2.06. The number of nitrogens with one attached hydrogen (secondary N) is 2. The molecule has 0 unspecified atom stereocenters. The summed E-state index contributed by atoms with van der Waals surface area (Å²) in [6.07, 6.45) is 2.14. The maximum absolute atomic E-state index is 13.1. The molecule has 1 heterocycles. The molecular formula is C18H25F2N3O3. The largest absolute Gasteiger partial charge is 0.385 e. The second kappa shape index (κ2) is 10.2. The summed E-state index contributed by atoms with van der Waals surface area (Å²) in [7, 11) is 1.62. The summed E-state index contributed by atoms with van der Waals surface area (Å²) in [6.45, 7) is 2.59. The number of hydrogen-bond acceptors (Lipinski definition) is 4. The Bertz CT molecular complexity index is 599. The van der Waals surface area contributed by atoms with E-state index in [-0.39, 0.29) is 30.0 Å². The van der Waals surface area contributed by atoms with Gasteiger partial charge in [-0.3, -0.25) is 14.5 Å². The van der Waals surface area contributed by atoms with Gasteiger partial charge >= 0.3 is 0 Å². The second-order valence-corrected chi connectivity index (χ2v) is 6.39. The molecular weight excluding hydrogens is 344 g/mol. The molecule has 2 rings (SSSR count). The minimum atomic E-state index is -0.738. The molecule has 6 nitrogen and oxygen atoms in total. The molecule has 1 saturated heterocycles. The van der Waals surface area contributed by atoms with Crippen molar-refractivity contribution in [2.45, 2.75) is 19.3 Å². The van der Waals surface area contributed by atoms with E-state index in [4.69, 9.17) is 4.74 Å². The van der Waals surface area contributed by atoms with Crippen molar-refractivity contribution in [2.24, 2.45) is 5.92 Å². The minimum absolute atomic E-state index is 0.0421. The number of anilines is 1. The lowest BCUT2D eigenvalue weighted by atomic mass is 9.96. The van der Waals surface area contributed by atoms with Crippen LogP contribution in [-0.2, 0) is 14.3 Å². The van der Waals surface area contributed by atoms with Gasteiger partial charge in [-0.25, -0.2) is 8.78 Å². The number of carbonyl (C=O) groups is 2. The van der Waals surface area contributed by atoms with Crippen molar-refractivity contribution in [2.75, 3.05) is 45.2 Å². The zero-order chi connectivity index (χ0) is 18.9. The third-order valence-electron chi connectivity index (χ3n) is 4.30. The molecule has 0 radical (unpaired) electrons. The summed E-state index contributed by atoms with van der Waals surface area (Å²) >= 11 is 0. The number of amides is 2. The van der Waals surface area contributed by atoms with E-state index in [1.165, 1.54) is 0 Å². The molecule has 8 heteroatoms. The molecule has 0 bridgehead atoms. The van der Waals surface area contributed by atoms with Gasteiger partial charge < -0.3 is 15.4 Å². The van der Waals surface area contributed by atoms with Crippen LogP contribution in [0.15, 0.2) is 18.2 Å². The molecule has 0 atom stereocenters. The first-order valence-electron chi connectivity index (χ1n) is 8.73. The molecule has 0 aliphatic carbocycles. The lowest BCUT2D eigenvalue weighted by Gasteiger charge is -2.30. The predicted molar refractivity (Wildman–Crippen MR) is 93.7 cm³/mol. The van der Waals surface area contributed by atoms with Crippen molar-refractivity contribution in [3.63, 3.8) is 0 Å². The number of nitrogens with zero attached hydrogens (tertiary/aromatic N) is 1. The van der Waals surface area contributed by atoms with Gasteiger partial charge in [-0.1, -0.05) is 0 Å². The number of ether oxygens (including phenoxy) is 1. The van der Waals surface area contributed by atoms with Crippen LogP contribution in [0.4, 0.5) is 14.5 Å². The zero-order valence-corrected chi connectivity index (χ0v) is 14.9. The van der Waals surface area contributed by atoms with Crippen molar-refractivity contribution in [1.29, 1.82) is 0 Å². The highest BCUT2D eigenvalue weighted by Gasteiger charge is 2.25. The summed E-state index contributed by atoms with van der Waals surface area (Å²) < 4.78 is 31.2. The van der Waals surface area contributed by atoms with Crippen LogP contribution in [0.1, 0.15) is 19.3 Å². The lowest BCUT2D eigenvalue weighted by Crippen LogP contribution is -2.43. The van der Waals surface area contributed by atoms with Gasteiger partial charge in [-0.2, -0.15) is 0 Å². The number of likely N-dealkylation sites (tertiary alicyclic amines) is 1. The average Bonchev–Trinajstić information content (AvgIpc) is 2.58. The van der Waals surface area contributed by atoms with Crippen molar-refractivity contribution >= 4 is 17.5 Å². The first-order chi connectivity index (χ1) is 12.5. The quantitative estimate of drug-likeness (QED) is 0.685. The van der Waals surface area contributed by atoms with E-state index in [2.05, 4.69) is 10.6 Å². The first-order valence-corrected chi connectivity index (χ1v) is 8.73. The molecule has 1 aromatic rings. The van der Waals surface area contributed by atoms with Crippen LogP contribution in [0.5, 0.6) is 0 Å². The first kappa shape index (κ1) is 20.3. The Labute approximate surface area is 151 Å². The maximum atomic E-state index is 13.1. The van der Waals surface area contributed by atoms with Crippen molar-refractivity contribution < 1.29 is 23.1 Å². The van der Waals surface area contributed by atoms with Gasteiger partial charge in [0.15, 0.2) is 0 Å². The van der Waals surface area contributed by atoms with Gasteiger partial charge in [0.1, 0.15) is 11.6 Å². The van der Waals surface area contributed by atoms with Gasteiger partial charge in [0.25, 0.3) is 0 Å². The molecule has 1 aliphatic rings. The van der Waals surface area contributed by atoms with E-state index in [1.807, 2.05) is 4.90 Å². The Morgan fingerprint density at radius 3 is 2.46 bits per heavy atom. The summed E-state index contributed by atoms with van der Waals surface area (Å²) in [6, 6.07) is 2.89. The Balaban J connectivity index is 1.70. The number of carbonyl (C=O) groups excluding carboxylic acids is 2. The fourth-order valence-corrected chi connectivity index (χ4v) is 2.96. The normalized spacial score (nSPS) is 15.7. The molecule has 0 saturated carbocycles. The highest BCUT2D eigenvalue weighted by Crippen LogP contribution is 2.18. The monoisotopic (exact) mass is 369 g/mol. The molecule has 0 spiro atoms. The Morgan fingerprint density at radius 1 is 1.19 bits per heavy atom. The van der Waals surface area contributed by atoms with Crippen LogP contribution in [0.25, 0.3) is 0 Å². The number of methoxy groups -OCH3 is 1. The summed E-state index contributed by atoms with van der Waals surface area (Å²) in [4.78, 5) is 26.0. The van der Waals surface area contributed by atoms with E-state index < -0.39 is 11.6 Å². The van der Waals surface area contributed by atoms with Crippen LogP contribution in [0, 0.1) is 17.6 Å². The Kier molecular flexibility index (Phi) is 7.93. The molecule has 1 fully saturated rings. The number of rotatable bonds is 8. The lowest BCUT2D eigenvalue weighted by molar-refractivity contribution is -0.126. The maximum Gasteiger partial charge on any atom is 0.238 e. The molecule has 2 N–H and O–H groups in total. The summed E-state index contributed by atoms with van der Waals surface area (Å²) in [5, 5.41) is 5.39. The van der Waals surface area contributed by atoms with Crippen molar-refractivity contribution in [1.82, 2.24) is 10.2 Å². The van der Waals surface area contributed by atoms with Gasteiger partial charge in [0, 0.05) is 37.9 Å². The topological polar surface area (TPSA) is 70.7 Å². The van der Waals surface area contributed by atoms with Gasteiger partial charge in [-0.15, -0.1) is 0 Å². The van der Waals surface area contributed by atoms with Gasteiger partial charge in [0.2, 0.25) is 11.8 Å². The molecule has 144 valence electrons. The van der Waals surface area contributed by atoms with E-state index in [0.717, 1.165) is 24.6 Å². The summed E-state index contributed by atoms with van der Waals surface area (Å²) in [5.41, 5.74) is 0.0952. The van der Waals surface area contributed by atoms with Crippen LogP contribution in [0.2, 0.25) is 0 Å². The number of benzene rings is 1. The van der Waals surface area contributed by atoms with Crippen LogP contribution in [0.3, 0.4) is 0 Å². The number of piperidine rings is 1. The molecule has 1 aliphatic heterocycles. The zero-order valence-electron chi connectivity index (χ0n) is 14.9. The number of halogens is 2. The fourth-order valence-electron chi connectivity index (χ4n) is 2.96. The average molecular weight is 369 g/mol. The highest BCUT2D eigenvalue weighted by atomic mass is 19.1. The van der Waals surface area contributed by atoms with E-state index in [1.54, 1.807) is 7.11 Å². The molecule has 0 aromatic heterocycles. The van der Waals surface area contributed by atoms with Gasteiger partial charge in [0.05, 0.1) is 6.54 Å². The van der Waals surface area contributed by atoms with Crippen molar-refractivity contribution in [3.8, 4) is 0 Å². The predicted octanol–water partition coefficient (Wildman–Crippen LogP) is 1.77. The van der Waals surface area contributed by atoms with E-state index in [9.17, 15) is 18.4 Å². The second-order valence-electron chi connectivity index (χ2n) is 6.39. The van der Waals surface area contributed by atoms with E-state index >= 15 is 0 Å². The van der Waals surface area contributed by atoms with Crippen LogP contribution < -0.4 is 10.6 Å². The minimum Gasteiger partial charge on any atom is -0.385 e. The molecule has 1 aromatic carbocycles. The van der Waals surface area contributed by atoms with E-state index in [0.29, 0.717) is 39.1 Å². The molecule has 26 heavy (non-hydrogen) atoms. The smallest absolute Gasteiger partial charge is 0.238 e. The van der Waals surface area contributed by atoms with Gasteiger partial charge in [-0.05, 0) is 44.5 Å². The third-order valence-corrected chi connectivity index (χ3v) is 4.30. The Morgan fingerprint density at radius 2 is 1.85 bits per heavy atom. The standard InChI is InChI=1S/C18H25F2N3O3/c1-26-8-2-5-21-18(25)13-3-6-23(7-4-13)12-17(24)22-16-10-14(19)9-15(20)11-16/h9-11,13H,2-8,12H2,1H3,(H,21,25)(H,22,24). The van der Waals surface area contributed by atoms with Crippen molar-refractivity contribution in [3.05, 3.63) is 29.8 Å². The van der Waals surface area contributed by atoms with Crippen LogP contribution >= 0.6 is 0 Å². The number of hydrogen-bond donors (Lipinski definition) is 2. The van der Waals surface area contributed by atoms with Crippen LogP contribution in [-0.4, -0.2) is 56.6 Å². The fraction of sp³-hybridized carbons (Fsp3) is 0.556. The summed E-state index contributed by atoms with van der Waals surface area (Å²) in [5.74, 6) is -1.82. The molecule has 2 amide bonds. The SMILES string of the molecule is COCCCNC(=O)C1CCN(CC(=O)Nc2cc(F)cc(F)c2)CC1. The highest BCUT2D eigenvalue weighted by molar-refractivity contribution is 5.92.